The fourth-order valence-electron chi connectivity index (χ4n) is 5.34. The number of thioether (sulfide) groups is 2. The standard InChI is InChI=1S/C24H31N3O4S2/c1-14-11-24(32-13-14)26-19(23(2,3)33-24)21(29)27-12-16-7-5-4-6-15(16)10-18(27)20(28)25-17-8-9-31-22(17)30/h4-7,14,17-19,26H,8-13H2,1-3H3,(H,25,28)/t14-,17+,18+,19-,24?/m1/s1. The van der Waals surface area contributed by atoms with Crippen molar-refractivity contribution in [3.05, 3.63) is 35.4 Å². The Kier molecular flexibility index (Phi) is 5.94. The predicted octanol–water partition coefficient (Wildman–Crippen LogP) is 2.28. The molecule has 4 heterocycles. The van der Waals surface area contributed by atoms with Gasteiger partial charge in [-0.2, -0.15) is 0 Å². The molecular weight excluding hydrogens is 458 g/mol. The molecule has 9 heteroatoms. The minimum atomic E-state index is -0.657. The van der Waals surface area contributed by atoms with E-state index in [2.05, 4.69) is 31.4 Å². The summed E-state index contributed by atoms with van der Waals surface area (Å²) < 4.78 is 4.55. The Labute approximate surface area is 203 Å². The van der Waals surface area contributed by atoms with Gasteiger partial charge in [-0.15, -0.1) is 23.5 Å². The van der Waals surface area contributed by atoms with Gasteiger partial charge in [-0.25, -0.2) is 4.79 Å². The zero-order chi connectivity index (χ0) is 23.4. The van der Waals surface area contributed by atoms with Crippen molar-refractivity contribution < 1.29 is 19.1 Å². The van der Waals surface area contributed by atoms with Crippen LogP contribution in [0.15, 0.2) is 24.3 Å². The number of cyclic esters (lactones) is 1. The summed E-state index contributed by atoms with van der Waals surface area (Å²) in [6.45, 7) is 7.19. The second-order valence-corrected chi connectivity index (χ2v) is 13.7. The van der Waals surface area contributed by atoms with Crippen molar-refractivity contribution in [1.82, 2.24) is 15.5 Å². The average Bonchev–Trinajstić information content (AvgIpc) is 3.42. The Morgan fingerprint density at radius 3 is 2.67 bits per heavy atom. The van der Waals surface area contributed by atoms with E-state index in [-0.39, 0.29) is 20.8 Å². The molecule has 3 fully saturated rings. The van der Waals surface area contributed by atoms with Gasteiger partial charge in [0.25, 0.3) is 0 Å². The van der Waals surface area contributed by atoms with Crippen molar-refractivity contribution in [3.8, 4) is 0 Å². The van der Waals surface area contributed by atoms with Crippen LogP contribution in [0.4, 0.5) is 0 Å². The maximum atomic E-state index is 14.0. The number of rotatable bonds is 3. The van der Waals surface area contributed by atoms with E-state index in [1.54, 1.807) is 4.90 Å². The van der Waals surface area contributed by atoms with E-state index in [9.17, 15) is 14.4 Å². The van der Waals surface area contributed by atoms with Gasteiger partial charge in [0.1, 0.15) is 22.3 Å². The van der Waals surface area contributed by atoms with Crippen molar-refractivity contribution in [1.29, 1.82) is 0 Å². The van der Waals surface area contributed by atoms with Gasteiger partial charge in [-0.1, -0.05) is 31.2 Å². The third-order valence-corrected chi connectivity index (χ3v) is 10.5. The molecule has 0 aromatic heterocycles. The van der Waals surface area contributed by atoms with E-state index < -0.39 is 24.1 Å². The molecule has 0 saturated carbocycles. The number of hydrogen-bond acceptors (Lipinski definition) is 7. The van der Waals surface area contributed by atoms with E-state index in [0.717, 1.165) is 23.3 Å². The number of fused-ring (bicyclic) bond motifs is 1. The minimum Gasteiger partial charge on any atom is -0.464 e. The molecule has 178 valence electrons. The number of esters is 1. The highest BCUT2D eigenvalue weighted by atomic mass is 32.2. The molecule has 5 rings (SSSR count). The molecule has 4 aliphatic rings. The molecule has 2 amide bonds. The van der Waals surface area contributed by atoms with Crippen molar-refractivity contribution in [2.24, 2.45) is 5.92 Å². The van der Waals surface area contributed by atoms with Crippen molar-refractivity contribution in [2.45, 2.75) is 73.7 Å². The van der Waals surface area contributed by atoms with Crippen LogP contribution >= 0.6 is 23.5 Å². The fraction of sp³-hybridized carbons (Fsp3) is 0.625. The van der Waals surface area contributed by atoms with Crippen LogP contribution in [0.25, 0.3) is 0 Å². The lowest BCUT2D eigenvalue weighted by Crippen LogP contribution is -2.60. The Balaban J connectivity index is 1.41. The predicted molar refractivity (Wildman–Crippen MR) is 130 cm³/mol. The Morgan fingerprint density at radius 2 is 2.00 bits per heavy atom. The number of carbonyl (C=O) groups is 3. The third-order valence-electron chi connectivity index (χ3n) is 7.04. The maximum absolute atomic E-state index is 14.0. The highest BCUT2D eigenvalue weighted by Crippen LogP contribution is 2.57. The molecule has 0 aliphatic carbocycles. The van der Waals surface area contributed by atoms with Crippen molar-refractivity contribution in [3.63, 3.8) is 0 Å². The molecule has 3 saturated heterocycles. The number of hydrogen-bond donors (Lipinski definition) is 2. The monoisotopic (exact) mass is 489 g/mol. The second kappa shape index (κ2) is 8.50. The van der Waals surface area contributed by atoms with E-state index in [0.29, 0.717) is 31.9 Å². The SMILES string of the molecule is C[C@H]1CSC2(C1)N[C@H](C(=O)N1Cc3ccccc3C[C@H]1C(=O)N[C@H]1CCOC1=O)C(C)(C)S2. The normalized spacial score (nSPS) is 34.9. The van der Waals surface area contributed by atoms with Gasteiger partial charge in [0.05, 0.1) is 6.61 Å². The van der Waals surface area contributed by atoms with Crippen molar-refractivity contribution >= 4 is 41.3 Å². The Bertz CT molecular complexity index is 986. The average molecular weight is 490 g/mol. The van der Waals surface area contributed by atoms with Crippen LogP contribution in [0, 0.1) is 5.92 Å². The largest absolute Gasteiger partial charge is 0.464 e. The van der Waals surface area contributed by atoms with Gasteiger partial charge in [-0.05, 0) is 43.1 Å². The van der Waals surface area contributed by atoms with Crippen LogP contribution < -0.4 is 10.6 Å². The van der Waals surface area contributed by atoms with Crippen LogP contribution in [0.5, 0.6) is 0 Å². The highest BCUT2D eigenvalue weighted by molar-refractivity contribution is 8.19. The molecule has 7 nitrogen and oxygen atoms in total. The van der Waals surface area contributed by atoms with Crippen LogP contribution in [0.3, 0.4) is 0 Å². The summed E-state index contributed by atoms with van der Waals surface area (Å²) in [7, 11) is 0. The van der Waals surface area contributed by atoms with Crippen LogP contribution in [0.2, 0.25) is 0 Å². The molecule has 4 aliphatic heterocycles. The number of amides is 2. The summed E-state index contributed by atoms with van der Waals surface area (Å²) in [4.78, 5) is 41.0. The first-order valence-electron chi connectivity index (χ1n) is 11.6. The van der Waals surface area contributed by atoms with Gasteiger partial charge in [0.2, 0.25) is 11.8 Å². The summed E-state index contributed by atoms with van der Waals surface area (Å²) in [5.74, 6) is 0.946. The summed E-state index contributed by atoms with van der Waals surface area (Å²) in [5.41, 5.74) is 2.14. The minimum absolute atomic E-state index is 0.0480. The third kappa shape index (κ3) is 4.28. The molecular formula is C24H31N3O4S2. The first-order chi connectivity index (χ1) is 15.7. The molecule has 33 heavy (non-hydrogen) atoms. The molecule has 0 bridgehead atoms. The maximum Gasteiger partial charge on any atom is 0.328 e. The summed E-state index contributed by atoms with van der Waals surface area (Å²) >= 11 is 3.74. The molecule has 2 N–H and O–H groups in total. The fourth-order valence-corrected chi connectivity index (χ4v) is 9.37. The lowest BCUT2D eigenvalue weighted by Gasteiger charge is -2.39. The molecule has 1 spiro atoms. The smallest absolute Gasteiger partial charge is 0.328 e. The summed E-state index contributed by atoms with van der Waals surface area (Å²) in [5, 5.41) is 6.52. The first-order valence-corrected chi connectivity index (χ1v) is 13.4. The zero-order valence-electron chi connectivity index (χ0n) is 19.3. The second-order valence-electron chi connectivity index (χ2n) is 10.1. The molecule has 1 unspecified atom stereocenters. The molecule has 5 atom stereocenters. The quantitative estimate of drug-likeness (QED) is 0.630. The number of ether oxygens (including phenoxy) is 1. The number of benzene rings is 1. The lowest BCUT2D eigenvalue weighted by molar-refractivity contribution is -0.146. The van der Waals surface area contributed by atoms with E-state index in [4.69, 9.17) is 4.74 Å². The highest BCUT2D eigenvalue weighted by Gasteiger charge is 2.57. The first kappa shape index (κ1) is 23.1. The molecule has 1 aromatic carbocycles. The van der Waals surface area contributed by atoms with Gasteiger partial charge in [0.15, 0.2) is 0 Å². The topological polar surface area (TPSA) is 87.7 Å². The molecule has 0 radical (unpaired) electrons. The van der Waals surface area contributed by atoms with E-state index in [1.807, 2.05) is 47.8 Å². The van der Waals surface area contributed by atoms with Gasteiger partial charge in [-0.3, -0.25) is 14.9 Å². The zero-order valence-corrected chi connectivity index (χ0v) is 20.9. The van der Waals surface area contributed by atoms with Gasteiger partial charge >= 0.3 is 5.97 Å². The Hall–Kier alpha value is -1.71. The van der Waals surface area contributed by atoms with Crippen LogP contribution in [-0.4, -0.2) is 62.1 Å². The van der Waals surface area contributed by atoms with Crippen molar-refractivity contribution in [2.75, 3.05) is 12.4 Å². The van der Waals surface area contributed by atoms with E-state index >= 15 is 0 Å². The van der Waals surface area contributed by atoms with E-state index in [1.165, 1.54) is 0 Å². The lowest BCUT2D eigenvalue weighted by atomic mass is 9.91. The Morgan fingerprint density at radius 1 is 1.24 bits per heavy atom. The van der Waals surface area contributed by atoms with Crippen LogP contribution in [0.1, 0.15) is 44.7 Å². The number of carbonyl (C=O) groups excluding carboxylic acids is 3. The summed E-state index contributed by atoms with van der Waals surface area (Å²) in [6.07, 6.45) is 1.92. The van der Waals surface area contributed by atoms with Gasteiger partial charge in [0, 0.05) is 24.1 Å². The number of nitrogens with zero attached hydrogens (tertiary/aromatic N) is 1. The summed E-state index contributed by atoms with van der Waals surface area (Å²) in [6, 6.07) is 6.28. The molecule has 1 aromatic rings. The number of nitrogens with one attached hydrogen (secondary N) is 2. The van der Waals surface area contributed by atoms with Gasteiger partial charge < -0.3 is 15.0 Å². The van der Waals surface area contributed by atoms with Crippen LogP contribution in [-0.2, 0) is 32.1 Å².